The zero-order chi connectivity index (χ0) is 36.0. The fourth-order valence-electron chi connectivity index (χ4n) is 4.76. The van der Waals surface area contributed by atoms with Crippen molar-refractivity contribution in [2.24, 2.45) is 38.9 Å². The van der Waals surface area contributed by atoms with Gasteiger partial charge in [0.05, 0.1) is 27.2 Å². The Balaban J connectivity index is 1.36. The van der Waals surface area contributed by atoms with E-state index >= 15 is 0 Å². The Morgan fingerprint density at radius 1 is 0.633 bits per heavy atom. The summed E-state index contributed by atoms with van der Waals surface area (Å²) < 4.78 is 6.39. The van der Waals surface area contributed by atoms with Crippen LogP contribution in [0.5, 0.6) is 0 Å². The third-order valence-electron chi connectivity index (χ3n) is 7.19. The molecular weight excluding hydrogens is 700 g/mol. The van der Waals surface area contributed by atoms with Gasteiger partial charge in [-0.2, -0.15) is 0 Å². The average Bonchev–Trinajstić information content (AvgIpc) is 3.80. The second-order valence-corrected chi connectivity index (χ2v) is 11.9. The monoisotopic (exact) mass is 736 g/mol. The Labute approximate surface area is 289 Å². The summed E-state index contributed by atoms with van der Waals surface area (Å²) in [5.74, 6) is -1.89. The quantitative estimate of drug-likeness (QED) is 0.0496. The van der Waals surface area contributed by atoms with Crippen molar-refractivity contribution < 1.29 is 24.0 Å². The maximum atomic E-state index is 13.2. The second-order valence-electron chi connectivity index (χ2n) is 10.9. The van der Waals surface area contributed by atoms with Gasteiger partial charge < -0.3 is 55.9 Å². The number of hydrogen-bond acceptors (Lipinski definition) is 6. The van der Waals surface area contributed by atoms with E-state index < -0.39 is 23.6 Å². The zero-order valence-corrected chi connectivity index (χ0v) is 29.1. The first-order valence-electron chi connectivity index (χ1n) is 14.7. The van der Waals surface area contributed by atoms with Gasteiger partial charge in [0.25, 0.3) is 29.5 Å². The molecule has 17 nitrogen and oxygen atoms in total. The number of nitrogens with two attached hydrogens (primary N) is 1. The van der Waals surface area contributed by atoms with Gasteiger partial charge in [0.1, 0.15) is 22.8 Å². The smallest absolute Gasteiger partial charge is 0.272 e. The molecule has 0 unspecified atom stereocenters. The molecule has 0 bridgehead atoms. The number of aryl methyl sites for hydroxylation is 4. The first-order chi connectivity index (χ1) is 23.2. The van der Waals surface area contributed by atoms with E-state index in [2.05, 4.69) is 59.4 Å². The minimum absolute atomic E-state index is 0.145. The highest BCUT2D eigenvalue weighted by Gasteiger charge is 2.20. The lowest BCUT2D eigenvalue weighted by Gasteiger charge is -2.07. The Morgan fingerprint density at radius 2 is 0.959 bits per heavy atom. The molecule has 5 amide bonds. The number of anilines is 4. The lowest BCUT2D eigenvalue weighted by Crippen LogP contribution is -2.38. The third kappa shape index (κ3) is 8.86. The molecule has 0 atom stereocenters. The van der Waals surface area contributed by atoms with E-state index in [1.807, 2.05) is 0 Å². The van der Waals surface area contributed by atoms with E-state index in [4.69, 9.17) is 5.73 Å². The van der Waals surface area contributed by atoms with Gasteiger partial charge in [0.15, 0.2) is 5.96 Å². The lowest BCUT2D eigenvalue weighted by molar-refractivity contribution is -0.112. The Bertz CT molecular complexity index is 1980. The number of rotatable bonds is 12. The number of guanidine groups is 1. The molecule has 8 N–H and O–H groups in total. The molecule has 0 aliphatic rings. The van der Waals surface area contributed by atoms with Gasteiger partial charge in [-0.3, -0.25) is 29.0 Å². The maximum Gasteiger partial charge on any atom is 0.272 e. The first kappa shape index (κ1) is 35.8. The molecule has 4 aromatic rings. The second kappa shape index (κ2) is 15.2. The van der Waals surface area contributed by atoms with Crippen LogP contribution < -0.4 is 37.6 Å². The minimum atomic E-state index is -0.474. The minimum Gasteiger partial charge on any atom is -0.370 e. The molecule has 18 heteroatoms. The number of carbonyl (C=O) groups is 5. The van der Waals surface area contributed by atoms with Crippen molar-refractivity contribution >= 4 is 74.2 Å². The van der Waals surface area contributed by atoms with Crippen LogP contribution in [-0.2, 0) is 33.0 Å². The summed E-state index contributed by atoms with van der Waals surface area (Å²) in [5, 5.41) is 16.5. The van der Waals surface area contributed by atoms with Crippen molar-refractivity contribution in [3.63, 3.8) is 0 Å². The molecule has 0 saturated carbocycles. The normalized spacial score (nSPS) is 11.1. The molecule has 258 valence electrons. The number of amides is 5. The van der Waals surface area contributed by atoms with Crippen molar-refractivity contribution in [2.45, 2.75) is 0 Å². The van der Waals surface area contributed by atoms with Crippen LogP contribution in [0.3, 0.4) is 0 Å². The van der Waals surface area contributed by atoms with Crippen molar-refractivity contribution in [3.05, 3.63) is 82.9 Å². The summed E-state index contributed by atoms with van der Waals surface area (Å²) in [6.45, 7) is 4.22. The molecule has 0 aliphatic carbocycles. The number of aromatic nitrogens is 4. The highest BCUT2D eigenvalue weighted by Crippen LogP contribution is 2.21. The van der Waals surface area contributed by atoms with Crippen LogP contribution in [0.1, 0.15) is 42.0 Å². The number of carbonyl (C=O) groups excluding carboxylic acids is 5. The SMILES string of the molecule is C=C(Br)C(=O)Nc1cc(C(=O)Nc2cc(C(=O)Nc3cc(C(=O)Nc4cc(C(=O)NCCNC(N)=NC)n(C)c4)n(C)c3)n(C)c2)n(C)c1. The lowest BCUT2D eigenvalue weighted by atomic mass is 10.3. The Kier molecular flexibility index (Phi) is 11.1. The number of hydrogen-bond donors (Lipinski definition) is 7. The highest BCUT2D eigenvalue weighted by atomic mass is 79.9. The highest BCUT2D eigenvalue weighted by molar-refractivity contribution is 9.12. The van der Waals surface area contributed by atoms with Gasteiger partial charge in [-0.15, -0.1) is 0 Å². The number of nitrogens with zero attached hydrogens (tertiary/aromatic N) is 5. The summed E-state index contributed by atoms with van der Waals surface area (Å²) >= 11 is 3.01. The number of halogens is 1. The predicted molar refractivity (Wildman–Crippen MR) is 190 cm³/mol. The fraction of sp³-hybridized carbons (Fsp3) is 0.226. The van der Waals surface area contributed by atoms with Gasteiger partial charge in [-0.25, -0.2) is 0 Å². The topological polar surface area (TPSA) is 216 Å². The van der Waals surface area contributed by atoms with Gasteiger partial charge in [0, 0.05) is 73.1 Å². The molecule has 0 fully saturated rings. The third-order valence-corrected chi connectivity index (χ3v) is 7.55. The largest absolute Gasteiger partial charge is 0.370 e. The van der Waals surface area contributed by atoms with Crippen molar-refractivity contribution in [1.82, 2.24) is 28.9 Å². The predicted octanol–water partition coefficient (Wildman–Crippen LogP) is 1.91. The van der Waals surface area contributed by atoms with Crippen LogP contribution >= 0.6 is 15.9 Å². The molecule has 0 saturated heterocycles. The number of aliphatic imine (C=N–C) groups is 1. The molecule has 49 heavy (non-hydrogen) atoms. The van der Waals surface area contributed by atoms with Gasteiger partial charge in [-0.05, 0) is 40.2 Å². The van der Waals surface area contributed by atoms with E-state index in [9.17, 15) is 24.0 Å². The summed E-state index contributed by atoms with van der Waals surface area (Å²) in [6.07, 6.45) is 6.36. The van der Waals surface area contributed by atoms with E-state index in [0.29, 0.717) is 41.5 Å². The van der Waals surface area contributed by atoms with E-state index in [0.717, 1.165) is 0 Å². The molecule has 0 radical (unpaired) electrons. The van der Waals surface area contributed by atoms with Crippen molar-refractivity contribution in [1.29, 1.82) is 0 Å². The van der Waals surface area contributed by atoms with Crippen LogP contribution in [-0.4, -0.2) is 73.9 Å². The summed E-state index contributed by atoms with van der Waals surface area (Å²) in [4.78, 5) is 67.6. The van der Waals surface area contributed by atoms with Gasteiger partial charge in [-0.1, -0.05) is 6.58 Å². The van der Waals surface area contributed by atoms with E-state index in [-0.39, 0.29) is 33.4 Å². The molecule has 4 aromatic heterocycles. The molecule has 4 heterocycles. The van der Waals surface area contributed by atoms with Crippen molar-refractivity contribution in [2.75, 3.05) is 41.4 Å². The van der Waals surface area contributed by atoms with Crippen molar-refractivity contribution in [3.8, 4) is 0 Å². The molecule has 0 spiro atoms. The molecule has 4 rings (SSSR count). The summed E-state index contributed by atoms with van der Waals surface area (Å²) in [5.41, 5.74) is 8.24. The Hall–Kier alpha value is -6.04. The van der Waals surface area contributed by atoms with E-state index in [1.165, 1.54) is 18.2 Å². The number of nitrogens with one attached hydrogen (secondary N) is 6. The van der Waals surface area contributed by atoms with Crippen LogP contribution in [0.25, 0.3) is 0 Å². The van der Waals surface area contributed by atoms with Crippen LogP contribution in [0.2, 0.25) is 0 Å². The van der Waals surface area contributed by atoms with E-state index in [1.54, 1.807) is 84.4 Å². The standard InChI is InChI=1S/C31H37BrN12O5/c1-17(32)26(45)37-18-10-23(42(4)13-18)28(47)39-20-12-25(44(6)15-20)30(49)40-21-11-24(43(5)16-21)29(48)38-19-9-22(41(3)14-19)27(46)35-7-8-36-31(33)34-2/h9-16H,1,7-8H2,2-6H3,(H,35,46)(H,37,45)(H,38,48)(H,39,47)(H,40,49)(H3,33,34,36). The molecular formula is C31H37BrN12O5. The molecule has 0 aromatic carbocycles. The first-order valence-corrected chi connectivity index (χ1v) is 15.5. The fourth-order valence-corrected chi connectivity index (χ4v) is 4.85. The summed E-state index contributed by atoms with van der Waals surface area (Å²) in [6, 6.07) is 6.10. The molecule has 0 aliphatic heterocycles. The summed E-state index contributed by atoms with van der Waals surface area (Å²) in [7, 11) is 8.21. The maximum absolute atomic E-state index is 13.2. The van der Waals surface area contributed by atoms with Crippen LogP contribution in [0.15, 0.2) is 65.1 Å². The Morgan fingerprint density at radius 3 is 1.31 bits per heavy atom. The average molecular weight is 738 g/mol. The van der Waals surface area contributed by atoms with Gasteiger partial charge >= 0.3 is 0 Å². The van der Waals surface area contributed by atoms with Gasteiger partial charge in [0.2, 0.25) is 0 Å². The zero-order valence-electron chi connectivity index (χ0n) is 27.5. The van der Waals surface area contributed by atoms with Crippen LogP contribution in [0.4, 0.5) is 22.7 Å². The van der Waals surface area contributed by atoms with Crippen LogP contribution in [0, 0.1) is 0 Å².